The van der Waals surface area contributed by atoms with E-state index in [1.54, 1.807) is 12.1 Å². The molecule has 0 saturated heterocycles. The lowest BCUT2D eigenvalue weighted by Gasteiger charge is -2.14. The van der Waals surface area contributed by atoms with Gasteiger partial charge in [-0.1, -0.05) is 6.07 Å². The highest BCUT2D eigenvalue weighted by molar-refractivity contribution is 9.42. The van der Waals surface area contributed by atoms with E-state index in [0.29, 0.717) is 5.75 Å². The zero-order valence-corrected chi connectivity index (χ0v) is 14.4. The fourth-order valence-electron chi connectivity index (χ4n) is 1.01. The summed E-state index contributed by atoms with van der Waals surface area (Å²) in [4.78, 5) is 0.0645. The summed E-state index contributed by atoms with van der Waals surface area (Å²) in [5.41, 5.74) is 0. The summed E-state index contributed by atoms with van der Waals surface area (Å²) in [5.74, 6) is 0.321. The molecule has 0 bridgehead atoms. The summed E-state index contributed by atoms with van der Waals surface area (Å²) < 4.78 is 32.4. The Balaban J connectivity index is 2.96. The molecule has 1 aromatic rings. The molecule has 1 rings (SSSR count). The lowest BCUT2D eigenvalue weighted by Crippen LogP contribution is -2.17. The normalized spacial score (nSPS) is 12.4. The maximum atomic E-state index is 12.1. The maximum Gasteiger partial charge on any atom is 0.239 e. The van der Waals surface area contributed by atoms with Crippen molar-refractivity contribution in [2.75, 3.05) is 13.6 Å². The molecule has 0 atom stereocenters. The van der Waals surface area contributed by atoms with Gasteiger partial charge in [0.1, 0.15) is 12.5 Å². The molecule has 0 fully saturated rings. The lowest BCUT2D eigenvalue weighted by atomic mass is 10.3. The Labute approximate surface area is 130 Å². The number of ether oxygens (including phenoxy) is 2. The van der Waals surface area contributed by atoms with Gasteiger partial charge < -0.3 is 14.6 Å². The van der Waals surface area contributed by atoms with Crippen LogP contribution in [0.4, 0.5) is 0 Å². The van der Waals surface area contributed by atoms with E-state index in [1.165, 1.54) is 12.1 Å². The van der Waals surface area contributed by atoms with Crippen LogP contribution >= 0.6 is 47.8 Å². The molecule has 0 spiro atoms. The number of aliphatic hydroxyl groups is 1. The third-order valence-corrected chi connectivity index (χ3v) is 7.14. The van der Waals surface area contributed by atoms with E-state index in [2.05, 4.69) is 52.5 Å². The highest BCUT2D eigenvalue weighted by atomic mass is 80.0. The van der Waals surface area contributed by atoms with Crippen molar-refractivity contribution >= 4 is 57.6 Å². The van der Waals surface area contributed by atoms with Crippen LogP contribution in [0.5, 0.6) is 5.75 Å². The molecule has 102 valence electrons. The largest absolute Gasteiger partial charge is 0.467 e. The fourth-order valence-corrected chi connectivity index (χ4v) is 3.49. The first-order chi connectivity index (χ1) is 8.29. The molecule has 0 saturated carbocycles. The van der Waals surface area contributed by atoms with Crippen LogP contribution in [0.2, 0.25) is 0 Å². The standard InChI is InChI=1S/C9H9Br3O5S/c10-9(11,12)18(14,15)8-3-1-2-7(4-8)17-6-16-5-13/h1-4,13H,5-6H2. The van der Waals surface area contributed by atoms with Gasteiger partial charge in [-0.05, 0) is 66.0 Å². The van der Waals surface area contributed by atoms with Gasteiger partial charge in [0.05, 0.1) is 4.90 Å². The van der Waals surface area contributed by atoms with Crippen molar-refractivity contribution in [2.45, 2.75) is 6.37 Å². The minimum Gasteiger partial charge on any atom is -0.467 e. The van der Waals surface area contributed by atoms with Gasteiger partial charge >= 0.3 is 0 Å². The minimum atomic E-state index is -3.65. The molecule has 0 aliphatic heterocycles. The van der Waals surface area contributed by atoms with Crippen LogP contribution in [0.3, 0.4) is 0 Å². The first-order valence-electron chi connectivity index (χ1n) is 4.52. The fraction of sp³-hybridized carbons (Fsp3) is 0.333. The number of alkyl halides is 3. The Bertz CT molecular complexity index is 497. The van der Waals surface area contributed by atoms with E-state index in [0.717, 1.165) is 0 Å². The summed E-state index contributed by atoms with van der Waals surface area (Å²) in [6, 6.07) is 5.92. The Hall–Kier alpha value is 0.330. The molecule has 9 heteroatoms. The number of hydrogen-bond acceptors (Lipinski definition) is 5. The van der Waals surface area contributed by atoms with Gasteiger partial charge in [-0.3, -0.25) is 0 Å². The summed E-state index contributed by atoms with van der Waals surface area (Å²) in [6.45, 7) is -0.632. The lowest BCUT2D eigenvalue weighted by molar-refractivity contribution is -0.0654. The average molecular weight is 469 g/mol. The van der Waals surface area contributed by atoms with E-state index in [4.69, 9.17) is 9.84 Å². The topological polar surface area (TPSA) is 72.8 Å². The van der Waals surface area contributed by atoms with Gasteiger partial charge in [-0.2, -0.15) is 0 Å². The number of halogens is 3. The number of aliphatic hydroxyl groups excluding tert-OH is 1. The van der Waals surface area contributed by atoms with Crippen molar-refractivity contribution in [3.63, 3.8) is 0 Å². The molecular formula is C9H9Br3O5S. The third-order valence-electron chi connectivity index (χ3n) is 1.82. The molecule has 1 aromatic carbocycles. The summed E-state index contributed by atoms with van der Waals surface area (Å²) in [7, 11) is -3.65. The molecule has 18 heavy (non-hydrogen) atoms. The summed E-state index contributed by atoms with van der Waals surface area (Å²) in [6.07, 6.45) is 0. The summed E-state index contributed by atoms with van der Waals surface area (Å²) in [5, 5.41) is 8.42. The quantitative estimate of drug-likeness (QED) is 0.408. The van der Waals surface area contributed by atoms with Gasteiger partial charge in [0.2, 0.25) is 11.3 Å². The molecule has 0 aliphatic carbocycles. The molecule has 5 nitrogen and oxygen atoms in total. The van der Waals surface area contributed by atoms with Crippen LogP contribution in [-0.4, -0.2) is 28.6 Å². The van der Waals surface area contributed by atoms with Gasteiger partial charge in [0, 0.05) is 0 Å². The first-order valence-corrected chi connectivity index (χ1v) is 8.38. The maximum absolute atomic E-state index is 12.1. The van der Waals surface area contributed by atoms with Crippen LogP contribution in [0.1, 0.15) is 0 Å². The third kappa shape index (κ3) is 4.17. The number of rotatable bonds is 5. The number of hydrogen-bond donors (Lipinski definition) is 1. The highest BCUT2D eigenvalue weighted by Crippen LogP contribution is 2.43. The van der Waals surface area contributed by atoms with Crippen molar-refractivity contribution in [1.82, 2.24) is 0 Å². The molecule has 0 aromatic heterocycles. The van der Waals surface area contributed by atoms with Gasteiger partial charge in [0.25, 0.3) is 0 Å². The Morgan fingerprint density at radius 3 is 2.50 bits per heavy atom. The molecule has 0 unspecified atom stereocenters. The van der Waals surface area contributed by atoms with E-state index >= 15 is 0 Å². The van der Waals surface area contributed by atoms with E-state index < -0.39 is 18.1 Å². The van der Waals surface area contributed by atoms with E-state index in [9.17, 15) is 8.42 Å². The number of sulfone groups is 1. The van der Waals surface area contributed by atoms with E-state index in [-0.39, 0.29) is 11.7 Å². The van der Waals surface area contributed by atoms with Gasteiger partial charge in [-0.25, -0.2) is 8.42 Å². The van der Waals surface area contributed by atoms with Crippen molar-refractivity contribution in [3.05, 3.63) is 24.3 Å². The van der Waals surface area contributed by atoms with E-state index in [1.807, 2.05) is 0 Å². The van der Waals surface area contributed by atoms with Crippen LogP contribution < -0.4 is 4.74 Å². The number of benzene rings is 1. The Morgan fingerprint density at radius 1 is 1.28 bits per heavy atom. The van der Waals surface area contributed by atoms with Gasteiger partial charge in [0.15, 0.2) is 6.79 Å². The van der Waals surface area contributed by atoms with Crippen LogP contribution in [-0.2, 0) is 14.6 Å². The SMILES string of the molecule is O=S(=O)(c1cccc(OCOCO)c1)C(Br)(Br)Br. The predicted molar refractivity (Wildman–Crippen MR) is 76.8 cm³/mol. The molecule has 0 heterocycles. The monoisotopic (exact) mass is 466 g/mol. The van der Waals surface area contributed by atoms with Crippen molar-refractivity contribution in [3.8, 4) is 5.75 Å². The molecular weight excluding hydrogens is 460 g/mol. The molecule has 0 radical (unpaired) electrons. The van der Waals surface area contributed by atoms with Crippen molar-refractivity contribution < 1.29 is 23.0 Å². The summed E-state index contributed by atoms with van der Waals surface area (Å²) >= 11 is 8.92. The molecule has 0 amide bonds. The Kier molecular flexibility index (Phi) is 6.07. The zero-order valence-electron chi connectivity index (χ0n) is 8.85. The van der Waals surface area contributed by atoms with Crippen molar-refractivity contribution in [2.24, 2.45) is 0 Å². The van der Waals surface area contributed by atoms with Crippen molar-refractivity contribution in [1.29, 1.82) is 0 Å². The average Bonchev–Trinajstić information content (AvgIpc) is 2.28. The highest BCUT2D eigenvalue weighted by Gasteiger charge is 2.37. The van der Waals surface area contributed by atoms with Crippen LogP contribution in [0.25, 0.3) is 0 Å². The second kappa shape index (κ2) is 6.67. The Morgan fingerprint density at radius 2 is 1.94 bits per heavy atom. The predicted octanol–water partition coefficient (Wildman–Crippen LogP) is 2.56. The molecule has 1 N–H and O–H groups in total. The van der Waals surface area contributed by atoms with Gasteiger partial charge in [-0.15, -0.1) is 0 Å². The van der Waals surface area contributed by atoms with Crippen LogP contribution in [0, 0.1) is 0 Å². The second-order valence-electron chi connectivity index (χ2n) is 3.02. The first kappa shape index (κ1) is 16.4. The smallest absolute Gasteiger partial charge is 0.239 e. The minimum absolute atomic E-state index is 0.0645. The second-order valence-corrected chi connectivity index (χ2v) is 13.4. The molecule has 0 aliphatic rings. The zero-order chi connectivity index (χ0) is 13.8. The van der Waals surface area contributed by atoms with Crippen LogP contribution in [0.15, 0.2) is 29.2 Å².